The first-order chi connectivity index (χ1) is 7.56. The average Bonchev–Trinajstić information content (AvgIpc) is 2.59. The van der Waals surface area contributed by atoms with Crippen LogP contribution in [0, 0.1) is 13.8 Å². The van der Waals surface area contributed by atoms with Gasteiger partial charge in [0.15, 0.2) is 5.54 Å². The van der Waals surface area contributed by atoms with Crippen molar-refractivity contribution in [3.8, 4) is 0 Å². The molecule has 2 rings (SSSR count). The number of carbonyl (C=O) groups is 1. The van der Waals surface area contributed by atoms with Crippen molar-refractivity contribution in [3.05, 3.63) is 11.6 Å². The van der Waals surface area contributed by atoms with Crippen LogP contribution >= 0.6 is 11.8 Å². The minimum atomic E-state index is -0.895. The number of hydrogen-bond donors (Lipinski definition) is 1. The van der Waals surface area contributed by atoms with Crippen molar-refractivity contribution in [2.24, 2.45) is 0 Å². The van der Waals surface area contributed by atoms with Gasteiger partial charge >= 0.3 is 5.97 Å². The van der Waals surface area contributed by atoms with Gasteiger partial charge in [0.2, 0.25) is 0 Å². The van der Waals surface area contributed by atoms with E-state index in [0.717, 1.165) is 12.2 Å². The van der Waals surface area contributed by atoms with Crippen LogP contribution in [0.1, 0.15) is 24.5 Å². The lowest BCUT2D eigenvalue weighted by Crippen LogP contribution is -2.47. The van der Waals surface area contributed by atoms with Gasteiger partial charge in [-0.3, -0.25) is 0 Å². The van der Waals surface area contributed by atoms with Crippen LogP contribution in [0.15, 0.2) is 0 Å². The van der Waals surface area contributed by atoms with E-state index < -0.39 is 11.5 Å². The molecular formula is C10H15N3O2S. The molecule has 16 heavy (non-hydrogen) atoms. The second kappa shape index (κ2) is 4.08. The summed E-state index contributed by atoms with van der Waals surface area (Å²) in [6, 6.07) is 0. The number of thioether (sulfide) groups is 1. The highest BCUT2D eigenvalue weighted by molar-refractivity contribution is 7.99. The summed E-state index contributed by atoms with van der Waals surface area (Å²) in [5, 5.41) is 13.7. The summed E-state index contributed by atoms with van der Waals surface area (Å²) < 4.78 is 1.59. The zero-order valence-corrected chi connectivity index (χ0v) is 10.3. The number of carboxylic acid groups (broad SMARTS) is 1. The zero-order valence-electron chi connectivity index (χ0n) is 9.43. The van der Waals surface area contributed by atoms with Crippen LogP contribution < -0.4 is 0 Å². The highest BCUT2D eigenvalue weighted by Gasteiger charge is 2.44. The van der Waals surface area contributed by atoms with Crippen molar-refractivity contribution in [1.29, 1.82) is 0 Å². The maximum absolute atomic E-state index is 11.5. The molecule has 0 spiro atoms. The smallest absolute Gasteiger partial charge is 0.332 e. The Morgan fingerprint density at radius 1 is 1.56 bits per heavy atom. The molecule has 1 atom stereocenters. The average molecular weight is 241 g/mol. The molecule has 1 aliphatic rings. The fraction of sp³-hybridized carbons (Fsp3) is 0.700. The quantitative estimate of drug-likeness (QED) is 0.842. The van der Waals surface area contributed by atoms with Crippen LogP contribution in [0.25, 0.3) is 0 Å². The summed E-state index contributed by atoms with van der Waals surface area (Å²) >= 11 is 1.67. The lowest BCUT2D eigenvalue weighted by molar-refractivity contribution is -0.147. The molecule has 5 nitrogen and oxygen atoms in total. The first-order valence-electron chi connectivity index (χ1n) is 5.28. The van der Waals surface area contributed by atoms with Crippen LogP contribution in [0.2, 0.25) is 0 Å². The predicted octanol–water partition coefficient (Wildman–Crippen LogP) is 1.20. The molecule has 6 heteroatoms. The summed E-state index contributed by atoms with van der Waals surface area (Å²) in [5.74, 6) is 2.12. The Morgan fingerprint density at radius 3 is 2.75 bits per heavy atom. The molecule has 1 unspecified atom stereocenters. The van der Waals surface area contributed by atoms with Gasteiger partial charge in [-0.1, -0.05) is 0 Å². The molecule has 88 valence electrons. The fourth-order valence-electron chi connectivity index (χ4n) is 2.13. The summed E-state index contributed by atoms with van der Waals surface area (Å²) in [7, 11) is 0. The number of hydrogen-bond acceptors (Lipinski definition) is 4. The van der Waals surface area contributed by atoms with E-state index >= 15 is 0 Å². The molecule has 0 amide bonds. The lowest BCUT2D eigenvalue weighted by Gasteiger charge is -2.33. The van der Waals surface area contributed by atoms with Crippen LogP contribution in [0.3, 0.4) is 0 Å². The summed E-state index contributed by atoms with van der Waals surface area (Å²) in [6.07, 6.45) is 1.55. The van der Waals surface area contributed by atoms with Gasteiger partial charge in [0.1, 0.15) is 11.6 Å². The first-order valence-corrected chi connectivity index (χ1v) is 6.43. The number of aryl methyl sites for hydroxylation is 2. The Bertz CT molecular complexity index is 410. The molecule has 1 aromatic rings. The molecular weight excluding hydrogens is 226 g/mol. The Labute approximate surface area is 98.3 Å². The van der Waals surface area contributed by atoms with Crippen molar-refractivity contribution in [3.63, 3.8) is 0 Å². The van der Waals surface area contributed by atoms with Gasteiger partial charge in [0, 0.05) is 5.75 Å². The van der Waals surface area contributed by atoms with Gasteiger partial charge < -0.3 is 5.11 Å². The highest BCUT2D eigenvalue weighted by Crippen LogP contribution is 2.33. The first kappa shape index (κ1) is 11.4. The van der Waals surface area contributed by atoms with Crippen molar-refractivity contribution in [2.45, 2.75) is 32.2 Å². The van der Waals surface area contributed by atoms with Gasteiger partial charge in [-0.25, -0.2) is 14.5 Å². The second-order valence-corrected chi connectivity index (χ2v) is 5.22. The minimum Gasteiger partial charge on any atom is -0.479 e. The third kappa shape index (κ3) is 1.71. The Morgan fingerprint density at radius 2 is 2.31 bits per heavy atom. The molecule has 2 heterocycles. The number of aliphatic carboxylic acids is 1. The largest absolute Gasteiger partial charge is 0.479 e. The van der Waals surface area contributed by atoms with Gasteiger partial charge in [0.25, 0.3) is 0 Å². The van der Waals surface area contributed by atoms with E-state index in [2.05, 4.69) is 10.1 Å². The maximum Gasteiger partial charge on any atom is 0.332 e. The monoisotopic (exact) mass is 241 g/mol. The van der Waals surface area contributed by atoms with Crippen molar-refractivity contribution in [1.82, 2.24) is 14.8 Å². The van der Waals surface area contributed by atoms with E-state index in [1.165, 1.54) is 0 Å². The topological polar surface area (TPSA) is 68.0 Å². The standard InChI is InChI=1S/C10H15N3O2S/c1-7-11-8(2)13(12-7)10(9(14)15)4-3-5-16-6-10/h3-6H2,1-2H3,(H,14,15). The SMILES string of the molecule is Cc1nc(C)n(C2(C(=O)O)CCCSC2)n1. The summed E-state index contributed by atoms with van der Waals surface area (Å²) in [5.41, 5.74) is -0.895. The molecule has 0 aliphatic carbocycles. The Balaban J connectivity index is 2.46. The van der Waals surface area contributed by atoms with E-state index in [-0.39, 0.29) is 0 Å². The molecule has 0 radical (unpaired) electrons. The zero-order chi connectivity index (χ0) is 11.8. The molecule has 1 saturated heterocycles. The molecule has 0 aromatic carbocycles. The minimum absolute atomic E-state index is 0.575. The molecule has 1 aromatic heterocycles. The number of aromatic nitrogens is 3. The second-order valence-electron chi connectivity index (χ2n) is 4.11. The Kier molecular flexibility index (Phi) is 2.92. The van der Waals surface area contributed by atoms with E-state index in [4.69, 9.17) is 0 Å². The predicted molar refractivity (Wildman–Crippen MR) is 61.7 cm³/mol. The third-order valence-electron chi connectivity index (χ3n) is 2.90. The van der Waals surface area contributed by atoms with E-state index in [1.807, 2.05) is 6.92 Å². The maximum atomic E-state index is 11.5. The lowest BCUT2D eigenvalue weighted by atomic mass is 9.95. The van der Waals surface area contributed by atoms with Gasteiger partial charge in [-0.15, -0.1) is 0 Å². The van der Waals surface area contributed by atoms with Gasteiger partial charge in [-0.05, 0) is 32.4 Å². The van der Waals surface area contributed by atoms with Crippen LogP contribution in [0.5, 0.6) is 0 Å². The third-order valence-corrected chi connectivity index (χ3v) is 4.16. The van der Waals surface area contributed by atoms with Crippen LogP contribution in [-0.4, -0.2) is 37.3 Å². The summed E-state index contributed by atoms with van der Waals surface area (Å²) in [4.78, 5) is 15.7. The van der Waals surface area contributed by atoms with E-state index in [9.17, 15) is 9.90 Å². The highest BCUT2D eigenvalue weighted by atomic mass is 32.2. The van der Waals surface area contributed by atoms with Crippen molar-refractivity contribution < 1.29 is 9.90 Å². The van der Waals surface area contributed by atoms with Gasteiger partial charge in [-0.2, -0.15) is 16.9 Å². The normalized spacial score (nSPS) is 25.6. The van der Waals surface area contributed by atoms with Crippen molar-refractivity contribution in [2.75, 3.05) is 11.5 Å². The molecule has 0 bridgehead atoms. The number of nitrogens with zero attached hydrogens (tertiary/aromatic N) is 3. The molecule has 1 N–H and O–H groups in total. The number of rotatable bonds is 2. The van der Waals surface area contributed by atoms with Crippen molar-refractivity contribution >= 4 is 17.7 Å². The van der Waals surface area contributed by atoms with E-state index in [0.29, 0.717) is 23.8 Å². The van der Waals surface area contributed by atoms with E-state index in [1.54, 1.807) is 23.4 Å². The molecule has 1 aliphatic heterocycles. The Hall–Kier alpha value is -1.04. The van der Waals surface area contributed by atoms with Crippen LogP contribution in [0.4, 0.5) is 0 Å². The summed E-state index contributed by atoms with van der Waals surface area (Å²) in [6.45, 7) is 3.60. The van der Waals surface area contributed by atoms with Gasteiger partial charge in [0.05, 0.1) is 0 Å². The number of carboxylic acids is 1. The molecule has 0 saturated carbocycles. The fourth-order valence-corrected chi connectivity index (χ4v) is 3.35. The van der Waals surface area contributed by atoms with Crippen LogP contribution in [-0.2, 0) is 10.3 Å². The molecule has 1 fully saturated rings.